The smallest absolute Gasteiger partial charge is 0.270 e. The molecule has 0 fully saturated rings. The highest BCUT2D eigenvalue weighted by atomic mass is 32.1. The highest BCUT2D eigenvalue weighted by molar-refractivity contribution is 7.80. The second kappa shape index (κ2) is 4.97. The summed E-state index contributed by atoms with van der Waals surface area (Å²) in [4.78, 5) is 11.9. The number of carbonyl (C=O) groups excluding carboxylic acids is 1. The first-order valence-electron chi connectivity index (χ1n) is 5.12. The van der Waals surface area contributed by atoms with Crippen molar-refractivity contribution in [2.75, 3.05) is 0 Å². The van der Waals surface area contributed by atoms with Gasteiger partial charge in [-0.1, -0.05) is 24.3 Å². The number of thiocarbonyl (C=S) groups is 1. The molecule has 92 valence electrons. The summed E-state index contributed by atoms with van der Waals surface area (Å²) in [6, 6.07) is 9.39. The summed E-state index contributed by atoms with van der Waals surface area (Å²) in [5.41, 5.74) is 10.2. The van der Waals surface area contributed by atoms with Crippen molar-refractivity contribution in [1.29, 1.82) is 0 Å². The van der Waals surface area contributed by atoms with Crippen molar-refractivity contribution < 1.29 is 9.18 Å². The Morgan fingerprint density at radius 2 is 1.78 bits per heavy atom. The molecule has 0 aliphatic carbocycles. The van der Waals surface area contributed by atoms with E-state index < -0.39 is 5.91 Å². The van der Waals surface area contributed by atoms with E-state index in [9.17, 15) is 9.18 Å². The Bertz CT molecular complexity index is 630. The lowest BCUT2D eigenvalue weighted by atomic mass is 10.0. The average Bonchev–Trinajstić information content (AvgIpc) is 2.37. The Labute approximate surface area is 108 Å². The fraction of sp³-hybridized carbons (Fsp3) is 0. The van der Waals surface area contributed by atoms with E-state index in [1.807, 2.05) is 0 Å². The molecule has 18 heavy (non-hydrogen) atoms. The van der Waals surface area contributed by atoms with Crippen LogP contribution in [0.4, 0.5) is 4.39 Å². The van der Waals surface area contributed by atoms with E-state index >= 15 is 0 Å². The Balaban J connectivity index is 2.42. The summed E-state index contributed by atoms with van der Waals surface area (Å²) in [5, 5.41) is 0.870. The second-order valence-electron chi connectivity index (χ2n) is 3.58. The topological polar surface area (TPSA) is 67.2 Å². The van der Waals surface area contributed by atoms with Gasteiger partial charge in [0.25, 0.3) is 5.91 Å². The molecule has 0 unspecified atom stereocenters. The molecule has 4 nitrogen and oxygen atoms in total. The van der Waals surface area contributed by atoms with E-state index in [0.29, 0.717) is 16.3 Å². The van der Waals surface area contributed by atoms with Crippen LogP contribution in [0.3, 0.4) is 0 Å². The zero-order valence-electron chi connectivity index (χ0n) is 9.24. The lowest BCUT2D eigenvalue weighted by molar-refractivity contribution is 0.0945. The van der Waals surface area contributed by atoms with Crippen LogP contribution in [0.2, 0.25) is 0 Å². The van der Waals surface area contributed by atoms with Gasteiger partial charge >= 0.3 is 0 Å². The molecule has 4 N–H and O–H groups in total. The van der Waals surface area contributed by atoms with Gasteiger partial charge < -0.3 is 5.73 Å². The zero-order chi connectivity index (χ0) is 13.1. The summed E-state index contributed by atoms with van der Waals surface area (Å²) in [5.74, 6) is -0.802. The van der Waals surface area contributed by atoms with Crippen molar-refractivity contribution in [1.82, 2.24) is 10.9 Å². The molecule has 0 aromatic heterocycles. The van der Waals surface area contributed by atoms with E-state index in [2.05, 4.69) is 23.1 Å². The monoisotopic (exact) mass is 263 g/mol. The van der Waals surface area contributed by atoms with E-state index in [0.717, 1.165) is 0 Å². The molecule has 0 saturated carbocycles. The number of nitrogens with two attached hydrogens (primary N) is 1. The third-order valence-electron chi connectivity index (χ3n) is 2.41. The lowest BCUT2D eigenvalue weighted by Gasteiger charge is -2.09. The van der Waals surface area contributed by atoms with E-state index in [4.69, 9.17) is 5.73 Å². The molecule has 6 heteroatoms. The minimum Gasteiger partial charge on any atom is -0.375 e. The van der Waals surface area contributed by atoms with Crippen LogP contribution in [-0.4, -0.2) is 11.0 Å². The molecule has 0 radical (unpaired) electrons. The number of rotatable bonds is 1. The van der Waals surface area contributed by atoms with E-state index in [1.165, 1.54) is 12.1 Å². The molecular weight excluding hydrogens is 253 g/mol. The molecule has 0 atom stereocenters. The first-order valence-corrected chi connectivity index (χ1v) is 5.53. The second-order valence-corrected chi connectivity index (χ2v) is 4.02. The standard InChI is InChI=1S/C12H10FN3OS/c13-10-6-5-9(11(17)15-16-12(14)18)7-3-1-2-4-8(7)10/h1-6H,(H,15,17)(H3,14,16,18). The molecule has 0 aliphatic heterocycles. The third-order valence-corrected chi connectivity index (χ3v) is 2.52. The van der Waals surface area contributed by atoms with Crippen LogP contribution in [0, 0.1) is 5.82 Å². The number of benzene rings is 2. The molecule has 2 aromatic rings. The Morgan fingerprint density at radius 1 is 1.11 bits per heavy atom. The Morgan fingerprint density at radius 3 is 2.44 bits per heavy atom. The molecular formula is C12H10FN3OS. The van der Waals surface area contributed by atoms with Gasteiger partial charge in [-0.3, -0.25) is 15.6 Å². The molecule has 0 heterocycles. The summed E-state index contributed by atoms with van der Waals surface area (Å²) in [7, 11) is 0. The SMILES string of the molecule is NC(=S)NNC(=O)c1ccc(F)c2ccccc12. The average molecular weight is 263 g/mol. The maximum Gasteiger partial charge on any atom is 0.270 e. The molecule has 0 saturated heterocycles. The van der Waals surface area contributed by atoms with E-state index in [-0.39, 0.29) is 10.9 Å². The number of hydrazine groups is 1. The first-order chi connectivity index (χ1) is 8.59. The van der Waals surface area contributed by atoms with Gasteiger partial charge in [0.2, 0.25) is 0 Å². The van der Waals surface area contributed by atoms with Gasteiger partial charge in [-0.15, -0.1) is 0 Å². The molecule has 2 rings (SSSR count). The Kier molecular flexibility index (Phi) is 3.38. The van der Waals surface area contributed by atoms with Gasteiger partial charge in [0.15, 0.2) is 5.11 Å². The third kappa shape index (κ3) is 2.38. The highest BCUT2D eigenvalue weighted by Gasteiger charge is 2.11. The first kappa shape index (κ1) is 12.3. The van der Waals surface area contributed by atoms with Gasteiger partial charge in [-0.05, 0) is 29.7 Å². The fourth-order valence-electron chi connectivity index (χ4n) is 1.65. The molecule has 2 aromatic carbocycles. The van der Waals surface area contributed by atoms with Crippen LogP contribution in [0.1, 0.15) is 10.4 Å². The van der Waals surface area contributed by atoms with Crippen LogP contribution in [0.15, 0.2) is 36.4 Å². The molecule has 0 bridgehead atoms. The largest absolute Gasteiger partial charge is 0.375 e. The summed E-state index contributed by atoms with van der Waals surface area (Å²) >= 11 is 4.57. The van der Waals surface area contributed by atoms with Crippen LogP contribution in [-0.2, 0) is 0 Å². The Hall–Kier alpha value is -2.21. The van der Waals surface area contributed by atoms with Crippen molar-refractivity contribution in [3.8, 4) is 0 Å². The van der Waals surface area contributed by atoms with Crippen molar-refractivity contribution in [2.45, 2.75) is 0 Å². The number of nitrogens with one attached hydrogen (secondary N) is 2. The number of hydrogen-bond donors (Lipinski definition) is 3. The fourth-order valence-corrected chi connectivity index (χ4v) is 1.70. The van der Waals surface area contributed by atoms with E-state index in [1.54, 1.807) is 24.3 Å². The van der Waals surface area contributed by atoms with Crippen molar-refractivity contribution >= 4 is 34.0 Å². The minimum atomic E-state index is -0.431. The quantitative estimate of drug-likeness (QED) is 0.538. The number of halogens is 1. The van der Waals surface area contributed by atoms with Gasteiger partial charge in [-0.25, -0.2) is 4.39 Å². The molecule has 1 amide bonds. The van der Waals surface area contributed by atoms with Crippen LogP contribution in [0.25, 0.3) is 10.8 Å². The highest BCUT2D eigenvalue weighted by Crippen LogP contribution is 2.21. The predicted octanol–water partition coefficient (Wildman–Crippen LogP) is 1.46. The van der Waals surface area contributed by atoms with Crippen molar-refractivity contribution in [3.63, 3.8) is 0 Å². The summed E-state index contributed by atoms with van der Waals surface area (Å²) < 4.78 is 13.6. The van der Waals surface area contributed by atoms with Gasteiger partial charge in [0, 0.05) is 10.9 Å². The summed E-state index contributed by atoms with van der Waals surface area (Å²) in [6.07, 6.45) is 0. The number of fused-ring (bicyclic) bond motifs is 1. The van der Waals surface area contributed by atoms with Gasteiger partial charge in [0.05, 0.1) is 0 Å². The van der Waals surface area contributed by atoms with Crippen LogP contribution >= 0.6 is 12.2 Å². The number of amides is 1. The molecule has 0 aliphatic rings. The zero-order valence-corrected chi connectivity index (χ0v) is 10.1. The van der Waals surface area contributed by atoms with Gasteiger partial charge in [-0.2, -0.15) is 0 Å². The maximum atomic E-state index is 13.6. The van der Waals surface area contributed by atoms with Crippen LogP contribution in [0.5, 0.6) is 0 Å². The number of hydrogen-bond acceptors (Lipinski definition) is 2. The maximum absolute atomic E-state index is 13.6. The minimum absolute atomic E-state index is 0.0465. The van der Waals surface area contributed by atoms with Gasteiger partial charge in [0.1, 0.15) is 5.82 Å². The lowest BCUT2D eigenvalue weighted by Crippen LogP contribution is -2.44. The predicted molar refractivity (Wildman–Crippen MR) is 71.3 cm³/mol. The number of carbonyl (C=O) groups is 1. The van der Waals surface area contributed by atoms with Crippen molar-refractivity contribution in [3.05, 3.63) is 47.8 Å². The normalized spacial score (nSPS) is 10.1. The van der Waals surface area contributed by atoms with Crippen molar-refractivity contribution in [2.24, 2.45) is 5.73 Å². The molecule has 0 spiro atoms. The van der Waals surface area contributed by atoms with Crippen LogP contribution < -0.4 is 16.6 Å². The summed E-state index contributed by atoms with van der Waals surface area (Å²) in [6.45, 7) is 0.